The fourth-order valence-corrected chi connectivity index (χ4v) is 5.07. The third-order valence-electron chi connectivity index (χ3n) is 6.19. The van der Waals surface area contributed by atoms with Gasteiger partial charge in [-0.15, -0.1) is 0 Å². The molecule has 3 atom stereocenters. The van der Waals surface area contributed by atoms with E-state index in [4.69, 9.17) is 14.6 Å². The minimum absolute atomic E-state index is 0.00462. The van der Waals surface area contributed by atoms with Crippen molar-refractivity contribution in [3.8, 4) is 5.75 Å². The highest BCUT2D eigenvalue weighted by molar-refractivity contribution is 14.1. The number of rotatable bonds is 3. The van der Waals surface area contributed by atoms with Crippen LogP contribution in [0.2, 0.25) is 0 Å². The normalized spacial score (nSPS) is 21.5. The summed E-state index contributed by atoms with van der Waals surface area (Å²) in [6.45, 7) is 4.79. The fraction of sp³-hybridized carbons (Fsp3) is 0.429. The quantitative estimate of drug-likeness (QED) is 0.409. The Hall–Kier alpha value is -2.43. The predicted octanol–water partition coefficient (Wildman–Crippen LogP) is 3.39. The molecule has 5 rings (SSSR count). The number of nitrogens with one attached hydrogen (secondary N) is 2. The molecular weight excluding hydrogens is 495 g/mol. The van der Waals surface area contributed by atoms with E-state index in [0.717, 1.165) is 35.3 Å². The molecule has 3 aromatic heterocycles. The van der Waals surface area contributed by atoms with E-state index >= 15 is 0 Å². The molecule has 1 fully saturated rings. The van der Waals surface area contributed by atoms with Crippen LogP contribution in [0.25, 0.3) is 17.2 Å². The van der Waals surface area contributed by atoms with Gasteiger partial charge in [0.25, 0.3) is 0 Å². The lowest BCUT2D eigenvalue weighted by Crippen LogP contribution is -2.34. The first kappa shape index (κ1) is 19.5. The minimum Gasteiger partial charge on any atom is -0.485 e. The average Bonchev–Trinajstić information content (AvgIpc) is 3.11. The summed E-state index contributed by atoms with van der Waals surface area (Å²) in [4.78, 5) is 24.0. The van der Waals surface area contributed by atoms with Crippen molar-refractivity contribution in [2.24, 2.45) is 11.8 Å². The van der Waals surface area contributed by atoms with Crippen molar-refractivity contribution in [3.05, 3.63) is 49.0 Å². The molecule has 0 amide bonds. The predicted molar refractivity (Wildman–Crippen MR) is 119 cm³/mol. The summed E-state index contributed by atoms with van der Waals surface area (Å²) in [6, 6.07) is 1.80. The van der Waals surface area contributed by atoms with Crippen molar-refractivity contribution in [3.63, 3.8) is 0 Å². The Morgan fingerprint density at radius 2 is 2.30 bits per heavy atom. The van der Waals surface area contributed by atoms with Gasteiger partial charge >= 0.3 is 5.63 Å². The van der Waals surface area contributed by atoms with E-state index in [0.29, 0.717) is 34.4 Å². The summed E-state index contributed by atoms with van der Waals surface area (Å²) < 4.78 is 14.2. The van der Waals surface area contributed by atoms with Gasteiger partial charge in [0, 0.05) is 12.6 Å². The van der Waals surface area contributed by atoms with Crippen LogP contribution in [0, 0.1) is 28.0 Å². The van der Waals surface area contributed by atoms with E-state index in [1.54, 1.807) is 19.3 Å². The molecule has 2 N–H and O–H groups in total. The molecule has 0 saturated heterocycles. The maximum atomic E-state index is 12.1. The molecule has 4 heterocycles. The van der Waals surface area contributed by atoms with Crippen LogP contribution in [0.5, 0.6) is 5.75 Å². The first-order valence-corrected chi connectivity index (χ1v) is 11.1. The number of aromatic nitrogens is 4. The van der Waals surface area contributed by atoms with Crippen LogP contribution in [-0.2, 0) is 6.54 Å². The van der Waals surface area contributed by atoms with Gasteiger partial charge in [-0.25, -0.2) is 14.8 Å². The van der Waals surface area contributed by atoms with E-state index in [-0.39, 0.29) is 17.2 Å². The summed E-state index contributed by atoms with van der Waals surface area (Å²) in [5.74, 6) is 2.06. The molecule has 8 nitrogen and oxygen atoms in total. The largest absolute Gasteiger partial charge is 0.485 e. The molecule has 3 aromatic rings. The van der Waals surface area contributed by atoms with Crippen LogP contribution in [0.3, 0.4) is 0 Å². The van der Waals surface area contributed by atoms with Crippen molar-refractivity contribution in [1.82, 2.24) is 19.5 Å². The van der Waals surface area contributed by atoms with Crippen LogP contribution in [-0.4, -0.2) is 25.6 Å². The third-order valence-corrected chi connectivity index (χ3v) is 6.70. The SMILES string of the molecule is Cc1cc2c(c(=O)o1)C=C1CCC(C(C)Cn3cnc(=N)c4[nH]c([125I])nc43)C[C@@H]1O2. The second kappa shape index (κ2) is 7.36. The molecule has 1 saturated carbocycles. The van der Waals surface area contributed by atoms with Crippen LogP contribution in [0.15, 0.2) is 27.2 Å². The van der Waals surface area contributed by atoms with Gasteiger partial charge in [-0.3, -0.25) is 5.41 Å². The van der Waals surface area contributed by atoms with Crippen molar-refractivity contribution < 1.29 is 9.15 Å². The van der Waals surface area contributed by atoms with Gasteiger partial charge in [0.1, 0.15) is 28.7 Å². The molecule has 2 aliphatic rings. The van der Waals surface area contributed by atoms with E-state index in [9.17, 15) is 4.79 Å². The summed E-state index contributed by atoms with van der Waals surface area (Å²) >= 11 is 2.13. The van der Waals surface area contributed by atoms with E-state index in [1.807, 2.05) is 10.6 Å². The number of aryl methyl sites for hydroxylation is 1. The molecule has 30 heavy (non-hydrogen) atoms. The van der Waals surface area contributed by atoms with Gasteiger partial charge in [-0.2, -0.15) is 0 Å². The Bertz CT molecular complexity index is 1290. The number of aromatic amines is 1. The van der Waals surface area contributed by atoms with Crippen LogP contribution >= 0.6 is 22.6 Å². The maximum Gasteiger partial charge on any atom is 0.346 e. The van der Waals surface area contributed by atoms with Gasteiger partial charge in [0.15, 0.2) is 15.0 Å². The lowest BCUT2D eigenvalue weighted by molar-refractivity contribution is 0.136. The Morgan fingerprint density at radius 3 is 3.13 bits per heavy atom. The maximum absolute atomic E-state index is 12.1. The van der Waals surface area contributed by atoms with Crippen molar-refractivity contribution in [1.29, 1.82) is 5.41 Å². The lowest BCUT2D eigenvalue weighted by Gasteiger charge is -2.37. The zero-order chi connectivity index (χ0) is 21.0. The van der Waals surface area contributed by atoms with Crippen LogP contribution < -0.4 is 15.9 Å². The third kappa shape index (κ3) is 3.38. The molecule has 0 bridgehead atoms. The minimum atomic E-state index is -0.328. The lowest BCUT2D eigenvalue weighted by atomic mass is 9.76. The van der Waals surface area contributed by atoms with Crippen molar-refractivity contribution in [2.45, 2.75) is 45.8 Å². The summed E-state index contributed by atoms with van der Waals surface area (Å²) in [5.41, 5.74) is 3.04. The fourth-order valence-electron chi connectivity index (χ4n) is 4.57. The van der Waals surface area contributed by atoms with Gasteiger partial charge in [-0.1, -0.05) is 6.92 Å². The van der Waals surface area contributed by atoms with Crippen LogP contribution in [0.1, 0.15) is 37.5 Å². The molecular formula is C21H22IN5O3. The van der Waals surface area contributed by atoms with Crippen LogP contribution in [0.4, 0.5) is 0 Å². The summed E-state index contributed by atoms with van der Waals surface area (Å²) in [5, 5.41) is 7.99. The molecule has 0 spiro atoms. The highest BCUT2D eigenvalue weighted by Crippen LogP contribution is 2.40. The van der Waals surface area contributed by atoms with E-state index < -0.39 is 0 Å². The van der Waals surface area contributed by atoms with E-state index in [1.165, 1.54) is 5.57 Å². The number of hydrogen-bond donors (Lipinski definition) is 2. The van der Waals surface area contributed by atoms with Crippen molar-refractivity contribution >= 4 is 39.8 Å². The molecule has 0 aromatic carbocycles. The number of fused-ring (bicyclic) bond motifs is 3. The van der Waals surface area contributed by atoms with E-state index in [2.05, 4.69) is 44.5 Å². The molecule has 1 aliphatic carbocycles. The second-order valence-electron chi connectivity index (χ2n) is 8.23. The Labute approximate surface area is 186 Å². The first-order chi connectivity index (χ1) is 14.4. The number of nitrogens with zero attached hydrogens (tertiary/aromatic N) is 3. The first-order valence-electron chi connectivity index (χ1n) is 10.1. The molecule has 9 heteroatoms. The number of H-pyrrole nitrogens is 1. The molecule has 0 radical (unpaired) electrons. The molecule has 156 valence electrons. The number of halogens is 1. The zero-order valence-electron chi connectivity index (χ0n) is 16.7. The van der Waals surface area contributed by atoms with Gasteiger partial charge in [0.05, 0.1) is 6.33 Å². The molecule has 1 aliphatic heterocycles. The Morgan fingerprint density at radius 1 is 1.47 bits per heavy atom. The zero-order valence-corrected chi connectivity index (χ0v) is 18.9. The molecule has 2 unspecified atom stereocenters. The highest BCUT2D eigenvalue weighted by Gasteiger charge is 2.34. The Kier molecular flexibility index (Phi) is 4.79. The van der Waals surface area contributed by atoms with Gasteiger partial charge in [-0.05, 0) is 72.3 Å². The monoisotopic (exact) mass is 517 g/mol. The second-order valence-corrected chi connectivity index (χ2v) is 9.25. The summed E-state index contributed by atoms with van der Waals surface area (Å²) in [7, 11) is 0. The number of ether oxygens (including phenoxy) is 1. The average molecular weight is 517 g/mol. The van der Waals surface area contributed by atoms with Gasteiger partial charge < -0.3 is 18.7 Å². The highest BCUT2D eigenvalue weighted by atomic mass is 125. The number of imidazole rings is 1. The van der Waals surface area contributed by atoms with Crippen molar-refractivity contribution in [2.75, 3.05) is 0 Å². The summed E-state index contributed by atoms with van der Waals surface area (Å²) in [6.07, 6.45) is 6.56. The standard InChI is InChI=1S/C21H22IN5O3/c1-10(8-27-9-24-18(23)17-19(27)26-21(22)25-17)12-3-4-13-6-14-16(30-15(13)7-12)5-11(2)29-20(14)28/h5-6,9-10,12,15,23H,3-4,7-8H2,1-2H3,(H,25,26)/t10?,12?,15-/m0/s1/i22-2. The Balaban J connectivity index is 1.36. The number of hydrogen-bond acceptors (Lipinski definition) is 6. The van der Waals surface area contributed by atoms with Gasteiger partial charge in [0.2, 0.25) is 0 Å². The topological polar surface area (TPSA) is 110 Å². The smallest absolute Gasteiger partial charge is 0.346 e.